The number of aliphatic hydroxyl groups is 1. The molecule has 2 rings (SSSR count). The predicted molar refractivity (Wildman–Crippen MR) is 83.5 cm³/mol. The van der Waals surface area contributed by atoms with Crippen molar-refractivity contribution in [1.82, 2.24) is 10.2 Å². The summed E-state index contributed by atoms with van der Waals surface area (Å²) in [5.74, 6) is 0.0456. The summed E-state index contributed by atoms with van der Waals surface area (Å²) in [6, 6.07) is 2.96. The van der Waals surface area contributed by atoms with E-state index in [1.807, 2.05) is 31.4 Å². The van der Waals surface area contributed by atoms with Gasteiger partial charge in [0.15, 0.2) is 0 Å². The predicted octanol–water partition coefficient (Wildman–Crippen LogP) is 1.59. The number of amides is 3. The summed E-state index contributed by atoms with van der Waals surface area (Å²) in [7, 11) is 0. The van der Waals surface area contributed by atoms with Crippen LogP contribution in [0.1, 0.15) is 25.1 Å². The lowest BCUT2D eigenvalue weighted by atomic mass is 10.0. The zero-order valence-electron chi connectivity index (χ0n) is 12.8. The minimum atomic E-state index is -0.882. The molecule has 6 nitrogen and oxygen atoms in total. The minimum absolute atomic E-state index is 0.0380. The van der Waals surface area contributed by atoms with Crippen LogP contribution in [0, 0.1) is 5.92 Å². The van der Waals surface area contributed by atoms with Crippen LogP contribution in [0.15, 0.2) is 17.5 Å². The van der Waals surface area contributed by atoms with Crippen molar-refractivity contribution in [3.05, 3.63) is 22.4 Å². The summed E-state index contributed by atoms with van der Waals surface area (Å²) in [4.78, 5) is 26.1. The fourth-order valence-corrected chi connectivity index (χ4v) is 2.98. The maximum Gasteiger partial charge on any atom is 0.324 e. The molecule has 0 saturated carbocycles. The van der Waals surface area contributed by atoms with E-state index in [4.69, 9.17) is 4.74 Å². The Morgan fingerprint density at radius 1 is 1.45 bits per heavy atom. The Morgan fingerprint density at radius 3 is 2.86 bits per heavy atom. The first kappa shape index (κ1) is 16.9. The molecule has 7 heteroatoms. The maximum absolute atomic E-state index is 12.1. The van der Waals surface area contributed by atoms with Crippen LogP contribution in [0.3, 0.4) is 0 Å². The number of carbonyl (C=O) groups excluding carboxylic acids is 2. The first-order chi connectivity index (χ1) is 10.5. The first-order valence-corrected chi connectivity index (χ1v) is 8.25. The summed E-state index contributed by atoms with van der Waals surface area (Å²) in [6.45, 7) is 4.46. The number of ether oxygens (including phenoxy) is 1. The number of aliphatic hydroxyl groups excluding tert-OH is 1. The molecule has 1 saturated heterocycles. The van der Waals surface area contributed by atoms with E-state index in [0.717, 1.165) is 9.78 Å². The van der Waals surface area contributed by atoms with Crippen molar-refractivity contribution in [2.75, 3.05) is 13.2 Å². The number of hydrogen-bond acceptors (Lipinski definition) is 5. The van der Waals surface area contributed by atoms with Crippen molar-refractivity contribution in [1.29, 1.82) is 0 Å². The summed E-state index contributed by atoms with van der Waals surface area (Å²) in [6.07, 6.45) is -0.279. The van der Waals surface area contributed by atoms with E-state index >= 15 is 0 Å². The second-order valence-corrected chi connectivity index (χ2v) is 6.86. The summed E-state index contributed by atoms with van der Waals surface area (Å²) in [5.41, 5.74) is 0. The van der Waals surface area contributed by atoms with Gasteiger partial charge in [0.2, 0.25) is 0 Å². The fraction of sp³-hybridized carbons (Fsp3) is 0.600. The van der Waals surface area contributed by atoms with E-state index < -0.39 is 18.2 Å². The maximum atomic E-state index is 12.1. The molecular formula is C15H22N2O4S. The topological polar surface area (TPSA) is 78.9 Å². The Hall–Kier alpha value is -1.44. The SMILES string of the molecule is CC(C)CC1NC(=O)N(CC(O)COCc2cccs2)C1=O. The molecule has 1 aromatic heterocycles. The molecule has 2 heterocycles. The molecule has 0 aliphatic carbocycles. The van der Waals surface area contributed by atoms with Crippen molar-refractivity contribution >= 4 is 23.3 Å². The molecular weight excluding hydrogens is 304 g/mol. The van der Waals surface area contributed by atoms with Crippen LogP contribution >= 0.6 is 11.3 Å². The van der Waals surface area contributed by atoms with Crippen molar-refractivity contribution in [2.45, 2.75) is 39.0 Å². The molecule has 3 amide bonds. The largest absolute Gasteiger partial charge is 0.389 e. The lowest BCUT2D eigenvalue weighted by molar-refractivity contribution is -0.129. The zero-order chi connectivity index (χ0) is 16.1. The van der Waals surface area contributed by atoms with Gasteiger partial charge in [-0.05, 0) is 23.8 Å². The Labute approximate surface area is 134 Å². The molecule has 1 aliphatic heterocycles. The van der Waals surface area contributed by atoms with Gasteiger partial charge in [0.25, 0.3) is 5.91 Å². The molecule has 1 fully saturated rings. The quantitative estimate of drug-likeness (QED) is 0.711. The molecule has 1 aliphatic rings. The van der Waals surface area contributed by atoms with E-state index in [1.165, 1.54) is 0 Å². The molecule has 0 aromatic carbocycles. The van der Waals surface area contributed by atoms with Gasteiger partial charge in [0.1, 0.15) is 6.04 Å². The fourth-order valence-electron chi connectivity index (χ4n) is 2.33. The number of β-amino-alcohol motifs (C(OH)–C–C–N with tert-alkyl or cyclic N) is 1. The molecule has 2 atom stereocenters. The Bertz CT molecular complexity index is 504. The van der Waals surface area contributed by atoms with Gasteiger partial charge in [-0.25, -0.2) is 4.79 Å². The number of imide groups is 1. The van der Waals surface area contributed by atoms with Crippen LogP contribution in [0.25, 0.3) is 0 Å². The molecule has 122 valence electrons. The average molecular weight is 326 g/mol. The second-order valence-electron chi connectivity index (χ2n) is 5.83. The lowest BCUT2D eigenvalue weighted by Gasteiger charge is -2.18. The molecule has 0 radical (unpaired) electrons. The Kier molecular flexibility index (Phi) is 5.93. The third-order valence-electron chi connectivity index (χ3n) is 3.34. The Balaban J connectivity index is 1.76. The van der Waals surface area contributed by atoms with Crippen molar-refractivity contribution in [2.24, 2.45) is 5.92 Å². The number of urea groups is 1. The third-order valence-corrected chi connectivity index (χ3v) is 4.19. The van der Waals surface area contributed by atoms with Gasteiger partial charge in [0, 0.05) is 4.88 Å². The van der Waals surface area contributed by atoms with E-state index in [0.29, 0.717) is 18.9 Å². The van der Waals surface area contributed by atoms with E-state index in [1.54, 1.807) is 11.3 Å². The van der Waals surface area contributed by atoms with Crippen molar-refractivity contribution in [3.8, 4) is 0 Å². The average Bonchev–Trinajstić information content (AvgIpc) is 3.03. The van der Waals surface area contributed by atoms with Gasteiger partial charge in [-0.1, -0.05) is 19.9 Å². The standard InChI is InChI=1S/C15H22N2O4S/c1-10(2)6-13-14(19)17(15(20)16-13)7-11(18)8-21-9-12-4-3-5-22-12/h3-5,10-11,13,18H,6-9H2,1-2H3,(H,16,20). The van der Waals surface area contributed by atoms with Gasteiger partial charge in [0.05, 0.1) is 25.9 Å². The summed E-state index contributed by atoms with van der Waals surface area (Å²) in [5, 5.41) is 14.6. The van der Waals surface area contributed by atoms with Crippen LogP contribution in [0.2, 0.25) is 0 Å². The van der Waals surface area contributed by atoms with Crippen LogP contribution < -0.4 is 5.32 Å². The van der Waals surface area contributed by atoms with Gasteiger partial charge >= 0.3 is 6.03 Å². The summed E-state index contributed by atoms with van der Waals surface area (Å²) >= 11 is 1.58. The van der Waals surface area contributed by atoms with E-state index in [-0.39, 0.29) is 19.1 Å². The minimum Gasteiger partial charge on any atom is -0.389 e. The van der Waals surface area contributed by atoms with Crippen LogP contribution in [0.5, 0.6) is 0 Å². The van der Waals surface area contributed by atoms with Gasteiger partial charge < -0.3 is 15.2 Å². The van der Waals surface area contributed by atoms with Crippen LogP contribution in [-0.2, 0) is 16.1 Å². The number of thiophene rings is 1. The van der Waals surface area contributed by atoms with Crippen molar-refractivity contribution < 1.29 is 19.4 Å². The highest BCUT2D eigenvalue weighted by atomic mass is 32.1. The van der Waals surface area contributed by atoms with Gasteiger partial charge in [-0.2, -0.15) is 0 Å². The highest BCUT2D eigenvalue weighted by Crippen LogP contribution is 2.15. The van der Waals surface area contributed by atoms with Crippen molar-refractivity contribution in [3.63, 3.8) is 0 Å². The first-order valence-electron chi connectivity index (χ1n) is 7.37. The van der Waals surface area contributed by atoms with Gasteiger partial charge in [-0.15, -0.1) is 11.3 Å². The number of nitrogens with zero attached hydrogens (tertiary/aromatic N) is 1. The summed E-state index contributed by atoms with van der Waals surface area (Å²) < 4.78 is 5.40. The van der Waals surface area contributed by atoms with E-state index in [9.17, 15) is 14.7 Å². The second kappa shape index (κ2) is 7.71. The zero-order valence-corrected chi connectivity index (χ0v) is 13.6. The smallest absolute Gasteiger partial charge is 0.324 e. The Morgan fingerprint density at radius 2 is 2.23 bits per heavy atom. The van der Waals surface area contributed by atoms with E-state index in [2.05, 4.69) is 5.32 Å². The monoisotopic (exact) mass is 326 g/mol. The molecule has 0 bridgehead atoms. The number of hydrogen-bond donors (Lipinski definition) is 2. The normalized spacial score (nSPS) is 19.8. The van der Waals surface area contributed by atoms with Gasteiger partial charge in [-0.3, -0.25) is 9.69 Å². The number of rotatable bonds is 8. The third kappa shape index (κ3) is 4.53. The number of carbonyl (C=O) groups is 2. The highest BCUT2D eigenvalue weighted by molar-refractivity contribution is 7.09. The highest BCUT2D eigenvalue weighted by Gasteiger charge is 2.38. The molecule has 2 unspecified atom stereocenters. The molecule has 1 aromatic rings. The van der Waals surface area contributed by atoms with Crippen LogP contribution in [-0.4, -0.2) is 47.2 Å². The molecule has 22 heavy (non-hydrogen) atoms. The van der Waals surface area contributed by atoms with Crippen LogP contribution in [0.4, 0.5) is 4.79 Å². The molecule has 2 N–H and O–H groups in total. The number of nitrogens with one attached hydrogen (secondary N) is 1. The lowest BCUT2D eigenvalue weighted by Crippen LogP contribution is -2.39. The molecule has 0 spiro atoms.